The lowest BCUT2D eigenvalue weighted by Gasteiger charge is -2.17. The van der Waals surface area contributed by atoms with Gasteiger partial charge in [-0.15, -0.1) is 0 Å². The highest BCUT2D eigenvalue weighted by molar-refractivity contribution is 7.80. The molecule has 25 heavy (non-hydrogen) atoms. The van der Waals surface area contributed by atoms with Crippen molar-refractivity contribution in [3.05, 3.63) is 28.2 Å². The predicted octanol–water partition coefficient (Wildman–Crippen LogP) is 3.36. The zero-order valence-electron chi connectivity index (χ0n) is 14.0. The summed E-state index contributed by atoms with van der Waals surface area (Å²) in [6.07, 6.45) is 2.35. The number of hydrogen-bond acceptors (Lipinski definition) is 4. The van der Waals surface area contributed by atoms with E-state index in [4.69, 9.17) is 40.2 Å². The fraction of sp³-hybridized carbons (Fsp3) is 0.438. The number of hydrazine groups is 1. The average Bonchev–Trinajstić information content (AvgIpc) is 2.55. The summed E-state index contributed by atoms with van der Waals surface area (Å²) in [7, 11) is 0. The molecule has 1 aromatic carbocycles. The molecule has 2 amide bonds. The lowest BCUT2D eigenvalue weighted by molar-refractivity contribution is -0.128. The Kier molecular flexibility index (Phi) is 9.55. The molecule has 1 rings (SSSR count). The first-order valence-corrected chi connectivity index (χ1v) is 9.01. The SMILES string of the molecule is CCCCCC(=O)NC(=S)NNC(=O)C(C)Oc1ccc(Cl)cc1Cl. The molecule has 0 aliphatic rings. The van der Waals surface area contributed by atoms with Gasteiger partial charge in [0.05, 0.1) is 5.02 Å². The molecule has 0 heterocycles. The first kappa shape index (κ1) is 21.5. The Morgan fingerprint density at radius 2 is 1.96 bits per heavy atom. The summed E-state index contributed by atoms with van der Waals surface area (Å²) in [5.41, 5.74) is 4.83. The molecule has 0 fully saturated rings. The molecule has 3 N–H and O–H groups in total. The summed E-state index contributed by atoms with van der Waals surface area (Å²) in [4.78, 5) is 23.6. The molecule has 0 aromatic heterocycles. The van der Waals surface area contributed by atoms with E-state index >= 15 is 0 Å². The Bertz CT molecular complexity index is 629. The Morgan fingerprint density at radius 3 is 2.60 bits per heavy atom. The lowest BCUT2D eigenvalue weighted by Crippen LogP contribution is -2.51. The fourth-order valence-electron chi connectivity index (χ4n) is 1.79. The van der Waals surface area contributed by atoms with Gasteiger partial charge in [-0.1, -0.05) is 43.0 Å². The van der Waals surface area contributed by atoms with Crippen molar-refractivity contribution in [2.24, 2.45) is 0 Å². The van der Waals surface area contributed by atoms with Crippen LogP contribution in [0.4, 0.5) is 0 Å². The van der Waals surface area contributed by atoms with Crippen molar-refractivity contribution >= 4 is 52.3 Å². The third kappa shape index (κ3) is 8.38. The van der Waals surface area contributed by atoms with Crippen LogP contribution in [-0.2, 0) is 9.59 Å². The maximum atomic E-state index is 12.0. The predicted molar refractivity (Wildman–Crippen MR) is 103 cm³/mol. The van der Waals surface area contributed by atoms with Gasteiger partial charge in [-0.25, -0.2) is 0 Å². The van der Waals surface area contributed by atoms with Crippen LogP contribution in [0.2, 0.25) is 10.0 Å². The minimum absolute atomic E-state index is 0.0200. The van der Waals surface area contributed by atoms with Gasteiger partial charge < -0.3 is 10.1 Å². The molecule has 0 saturated heterocycles. The van der Waals surface area contributed by atoms with E-state index in [0.717, 1.165) is 19.3 Å². The van der Waals surface area contributed by atoms with Gasteiger partial charge in [0.1, 0.15) is 5.75 Å². The van der Waals surface area contributed by atoms with E-state index in [0.29, 0.717) is 22.2 Å². The Balaban J connectivity index is 2.37. The number of benzene rings is 1. The van der Waals surface area contributed by atoms with Gasteiger partial charge in [0.2, 0.25) is 5.91 Å². The van der Waals surface area contributed by atoms with Crippen LogP contribution in [0.25, 0.3) is 0 Å². The zero-order chi connectivity index (χ0) is 18.8. The highest BCUT2D eigenvalue weighted by Crippen LogP contribution is 2.28. The molecule has 0 spiro atoms. The third-order valence-corrected chi connectivity index (χ3v) is 3.86. The number of hydrogen-bond donors (Lipinski definition) is 3. The van der Waals surface area contributed by atoms with Gasteiger partial charge in [-0.3, -0.25) is 20.4 Å². The molecule has 138 valence electrons. The second-order valence-electron chi connectivity index (χ2n) is 5.28. The smallest absolute Gasteiger partial charge is 0.279 e. The van der Waals surface area contributed by atoms with Crippen molar-refractivity contribution in [2.45, 2.75) is 45.6 Å². The van der Waals surface area contributed by atoms with Crippen LogP contribution in [0, 0.1) is 0 Å². The highest BCUT2D eigenvalue weighted by Gasteiger charge is 2.16. The summed E-state index contributed by atoms with van der Waals surface area (Å²) < 4.78 is 5.47. The fourth-order valence-corrected chi connectivity index (χ4v) is 2.41. The molecular formula is C16H21Cl2N3O3S. The normalized spacial score (nSPS) is 11.4. The Labute approximate surface area is 162 Å². The first-order valence-electron chi connectivity index (χ1n) is 7.84. The lowest BCUT2D eigenvalue weighted by atomic mass is 10.2. The van der Waals surface area contributed by atoms with Crippen molar-refractivity contribution in [3.8, 4) is 5.75 Å². The van der Waals surface area contributed by atoms with Crippen LogP contribution >= 0.6 is 35.4 Å². The maximum absolute atomic E-state index is 12.0. The van der Waals surface area contributed by atoms with Gasteiger partial charge in [0.15, 0.2) is 11.2 Å². The number of unbranched alkanes of at least 4 members (excludes halogenated alkanes) is 2. The molecule has 0 aliphatic carbocycles. The molecule has 0 radical (unpaired) electrons. The van der Waals surface area contributed by atoms with Crippen molar-refractivity contribution in [1.82, 2.24) is 16.2 Å². The molecular weight excluding hydrogens is 385 g/mol. The number of halogens is 2. The van der Waals surface area contributed by atoms with E-state index in [1.807, 2.05) is 0 Å². The number of rotatable bonds is 7. The van der Waals surface area contributed by atoms with Crippen LogP contribution in [0.3, 0.4) is 0 Å². The summed E-state index contributed by atoms with van der Waals surface area (Å²) in [6, 6.07) is 4.70. The molecule has 6 nitrogen and oxygen atoms in total. The monoisotopic (exact) mass is 405 g/mol. The Morgan fingerprint density at radius 1 is 1.24 bits per heavy atom. The number of carbonyl (C=O) groups is 2. The van der Waals surface area contributed by atoms with Gasteiger partial charge in [0.25, 0.3) is 5.91 Å². The molecule has 1 atom stereocenters. The summed E-state index contributed by atoms with van der Waals surface area (Å²) in [6.45, 7) is 3.61. The van der Waals surface area contributed by atoms with Crippen molar-refractivity contribution in [2.75, 3.05) is 0 Å². The minimum Gasteiger partial charge on any atom is -0.479 e. The molecule has 0 aliphatic heterocycles. The van der Waals surface area contributed by atoms with E-state index in [1.54, 1.807) is 19.1 Å². The van der Waals surface area contributed by atoms with Crippen LogP contribution < -0.4 is 20.9 Å². The van der Waals surface area contributed by atoms with Gasteiger partial charge in [-0.2, -0.15) is 0 Å². The quantitative estimate of drug-likeness (QED) is 0.368. The van der Waals surface area contributed by atoms with Gasteiger partial charge >= 0.3 is 0 Å². The topological polar surface area (TPSA) is 79.5 Å². The van der Waals surface area contributed by atoms with Gasteiger partial charge in [-0.05, 0) is 43.8 Å². The molecule has 0 bridgehead atoms. The van der Waals surface area contributed by atoms with E-state index in [-0.39, 0.29) is 11.0 Å². The van der Waals surface area contributed by atoms with Gasteiger partial charge in [0, 0.05) is 11.4 Å². The summed E-state index contributed by atoms with van der Waals surface area (Å²) in [5.74, 6) is -0.341. The molecule has 9 heteroatoms. The van der Waals surface area contributed by atoms with E-state index in [9.17, 15) is 9.59 Å². The third-order valence-electron chi connectivity index (χ3n) is 3.13. The zero-order valence-corrected chi connectivity index (χ0v) is 16.4. The first-order chi connectivity index (χ1) is 11.8. The Hall–Kier alpha value is -1.57. The summed E-state index contributed by atoms with van der Waals surface area (Å²) >= 11 is 16.7. The maximum Gasteiger partial charge on any atom is 0.279 e. The molecule has 1 unspecified atom stereocenters. The van der Waals surface area contributed by atoms with Crippen molar-refractivity contribution in [3.63, 3.8) is 0 Å². The molecule has 1 aromatic rings. The number of carbonyl (C=O) groups excluding carboxylic acids is 2. The van der Waals surface area contributed by atoms with E-state index < -0.39 is 12.0 Å². The van der Waals surface area contributed by atoms with Crippen molar-refractivity contribution < 1.29 is 14.3 Å². The standard InChI is InChI=1S/C16H21Cl2N3O3S/c1-3-4-5-6-14(22)19-16(25)21-20-15(23)10(2)24-13-8-7-11(17)9-12(13)18/h7-10H,3-6H2,1-2H3,(H,20,23)(H2,19,21,22,25). The average molecular weight is 406 g/mol. The number of amides is 2. The van der Waals surface area contributed by atoms with Crippen LogP contribution in [-0.4, -0.2) is 23.0 Å². The number of ether oxygens (including phenoxy) is 1. The highest BCUT2D eigenvalue weighted by atomic mass is 35.5. The number of thiocarbonyl (C=S) groups is 1. The number of nitrogens with one attached hydrogen (secondary N) is 3. The summed E-state index contributed by atoms with van der Waals surface area (Å²) in [5, 5.41) is 3.28. The second kappa shape index (κ2) is 11.1. The molecule has 0 saturated carbocycles. The van der Waals surface area contributed by atoms with Crippen LogP contribution in [0.1, 0.15) is 39.5 Å². The van der Waals surface area contributed by atoms with Crippen LogP contribution in [0.15, 0.2) is 18.2 Å². The largest absolute Gasteiger partial charge is 0.479 e. The minimum atomic E-state index is -0.839. The van der Waals surface area contributed by atoms with Crippen LogP contribution in [0.5, 0.6) is 5.75 Å². The second-order valence-corrected chi connectivity index (χ2v) is 6.54. The van der Waals surface area contributed by atoms with E-state index in [2.05, 4.69) is 23.1 Å². The van der Waals surface area contributed by atoms with Crippen molar-refractivity contribution in [1.29, 1.82) is 0 Å². The van der Waals surface area contributed by atoms with E-state index in [1.165, 1.54) is 6.07 Å².